The maximum Gasteiger partial charge on any atom is 0.573 e. The van der Waals surface area contributed by atoms with Gasteiger partial charge in [-0.1, -0.05) is 18.2 Å². The molecule has 8 heteroatoms. The Kier molecular flexibility index (Phi) is 5.29. The van der Waals surface area contributed by atoms with Crippen molar-refractivity contribution in [1.29, 1.82) is 0 Å². The number of piperazine rings is 1. The number of nitrogens with zero attached hydrogens (tertiary/aromatic N) is 2. The minimum absolute atomic E-state index is 0.0586. The number of ether oxygens (including phenoxy) is 1. The normalized spacial score (nSPS) is 16.0. The molecule has 1 aromatic heterocycles. The summed E-state index contributed by atoms with van der Waals surface area (Å²) >= 11 is 1.44. The van der Waals surface area contributed by atoms with Gasteiger partial charge in [0.2, 0.25) is 0 Å². The Morgan fingerprint density at radius 1 is 1.08 bits per heavy atom. The maximum absolute atomic E-state index is 12.3. The van der Waals surface area contributed by atoms with E-state index in [9.17, 15) is 18.0 Å². The lowest BCUT2D eigenvalue weighted by atomic mass is 10.2. The van der Waals surface area contributed by atoms with Crippen molar-refractivity contribution in [2.75, 3.05) is 26.2 Å². The molecule has 1 aromatic carbocycles. The second-order valence-corrected chi connectivity index (χ2v) is 6.69. The third kappa shape index (κ3) is 4.96. The molecule has 1 amide bonds. The molecule has 0 atom stereocenters. The molecule has 0 aliphatic carbocycles. The molecule has 0 unspecified atom stereocenters. The molecule has 1 fully saturated rings. The Bertz CT molecular complexity index is 694. The van der Waals surface area contributed by atoms with E-state index < -0.39 is 6.36 Å². The summed E-state index contributed by atoms with van der Waals surface area (Å²) in [6.07, 6.45) is -4.67. The highest BCUT2D eigenvalue weighted by molar-refractivity contribution is 7.12. The fraction of sp³-hybridized carbons (Fsp3) is 0.353. The van der Waals surface area contributed by atoms with Crippen molar-refractivity contribution in [2.45, 2.75) is 12.9 Å². The molecule has 0 spiro atoms. The van der Waals surface area contributed by atoms with Crippen LogP contribution < -0.4 is 4.74 Å². The Balaban J connectivity index is 1.50. The van der Waals surface area contributed by atoms with Crippen molar-refractivity contribution < 1.29 is 22.7 Å². The highest BCUT2D eigenvalue weighted by Crippen LogP contribution is 2.23. The molecule has 2 heterocycles. The second kappa shape index (κ2) is 7.45. The van der Waals surface area contributed by atoms with Gasteiger partial charge in [0.25, 0.3) is 5.91 Å². The predicted molar refractivity (Wildman–Crippen MR) is 88.6 cm³/mol. The lowest BCUT2D eigenvalue weighted by molar-refractivity contribution is -0.274. The number of alkyl halides is 3. The lowest BCUT2D eigenvalue weighted by Gasteiger charge is -2.34. The maximum atomic E-state index is 12.3. The van der Waals surface area contributed by atoms with Crippen LogP contribution in [0.3, 0.4) is 0 Å². The van der Waals surface area contributed by atoms with Gasteiger partial charge >= 0.3 is 6.36 Å². The highest BCUT2D eigenvalue weighted by atomic mass is 32.1. The zero-order valence-corrected chi connectivity index (χ0v) is 14.1. The van der Waals surface area contributed by atoms with Gasteiger partial charge in [-0.2, -0.15) is 0 Å². The molecule has 1 aliphatic rings. The van der Waals surface area contributed by atoms with Crippen LogP contribution in [0.25, 0.3) is 0 Å². The summed E-state index contributed by atoms with van der Waals surface area (Å²) in [6.45, 7) is 3.39. The molecule has 4 nitrogen and oxygen atoms in total. The molecular formula is C17H17F3N2O2S. The summed E-state index contributed by atoms with van der Waals surface area (Å²) < 4.78 is 40.3. The van der Waals surface area contributed by atoms with E-state index >= 15 is 0 Å². The quantitative estimate of drug-likeness (QED) is 0.824. The van der Waals surface area contributed by atoms with Gasteiger partial charge in [0.05, 0.1) is 4.88 Å². The van der Waals surface area contributed by atoms with E-state index in [2.05, 4.69) is 9.64 Å². The first-order valence-corrected chi connectivity index (χ1v) is 8.68. The van der Waals surface area contributed by atoms with Crippen LogP contribution >= 0.6 is 11.3 Å². The first-order chi connectivity index (χ1) is 11.9. The van der Waals surface area contributed by atoms with Gasteiger partial charge in [0.1, 0.15) is 5.75 Å². The summed E-state index contributed by atoms with van der Waals surface area (Å²) in [7, 11) is 0. The van der Waals surface area contributed by atoms with Crippen molar-refractivity contribution in [3.63, 3.8) is 0 Å². The van der Waals surface area contributed by atoms with E-state index in [4.69, 9.17) is 0 Å². The Morgan fingerprint density at radius 3 is 2.32 bits per heavy atom. The van der Waals surface area contributed by atoms with E-state index in [-0.39, 0.29) is 11.7 Å². The number of rotatable bonds is 4. The number of halogens is 3. The van der Waals surface area contributed by atoms with Crippen LogP contribution in [-0.2, 0) is 6.54 Å². The Morgan fingerprint density at radius 2 is 1.76 bits per heavy atom. The smallest absolute Gasteiger partial charge is 0.406 e. The van der Waals surface area contributed by atoms with Gasteiger partial charge < -0.3 is 9.64 Å². The van der Waals surface area contributed by atoms with Gasteiger partial charge in [0, 0.05) is 32.7 Å². The van der Waals surface area contributed by atoms with Crippen LogP contribution in [0.15, 0.2) is 41.8 Å². The van der Waals surface area contributed by atoms with E-state index in [1.807, 2.05) is 22.4 Å². The molecule has 2 aromatic rings. The fourth-order valence-corrected chi connectivity index (χ4v) is 3.41. The largest absolute Gasteiger partial charge is 0.573 e. The van der Waals surface area contributed by atoms with Crippen LogP contribution in [0.1, 0.15) is 15.2 Å². The van der Waals surface area contributed by atoms with Crippen molar-refractivity contribution in [2.24, 2.45) is 0 Å². The van der Waals surface area contributed by atoms with Gasteiger partial charge in [-0.05, 0) is 29.1 Å². The summed E-state index contributed by atoms with van der Waals surface area (Å²) in [5, 5.41) is 1.88. The minimum Gasteiger partial charge on any atom is -0.406 e. The monoisotopic (exact) mass is 370 g/mol. The second-order valence-electron chi connectivity index (χ2n) is 5.74. The summed E-state index contributed by atoms with van der Waals surface area (Å²) in [5.74, 6) is -0.161. The summed E-state index contributed by atoms with van der Waals surface area (Å²) in [6, 6.07) is 9.58. The molecule has 1 saturated heterocycles. The SMILES string of the molecule is O=C(c1cccs1)N1CCN(Cc2ccc(OC(F)(F)F)cc2)CC1. The van der Waals surface area contributed by atoms with Crippen molar-refractivity contribution >= 4 is 17.2 Å². The molecule has 134 valence electrons. The molecule has 3 rings (SSSR count). The molecule has 0 saturated carbocycles. The summed E-state index contributed by atoms with van der Waals surface area (Å²) in [4.78, 5) is 17.0. The third-order valence-corrected chi connectivity index (χ3v) is 4.81. The minimum atomic E-state index is -4.67. The van der Waals surface area contributed by atoms with E-state index in [1.165, 1.54) is 23.5 Å². The van der Waals surface area contributed by atoms with Crippen LogP contribution in [-0.4, -0.2) is 48.2 Å². The van der Waals surface area contributed by atoms with Crippen LogP contribution in [0.4, 0.5) is 13.2 Å². The molecule has 0 N–H and O–H groups in total. The average Bonchev–Trinajstić information content (AvgIpc) is 3.10. The molecule has 0 bridgehead atoms. The fourth-order valence-electron chi connectivity index (χ4n) is 2.72. The molecular weight excluding hydrogens is 353 g/mol. The zero-order chi connectivity index (χ0) is 17.9. The van der Waals surface area contributed by atoms with Gasteiger partial charge in [-0.15, -0.1) is 24.5 Å². The number of amides is 1. The Hall–Kier alpha value is -2.06. The van der Waals surface area contributed by atoms with E-state index in [0.717, 1.165) is 23.5 Å². The van der Waals surface area contributed by atoms with E-state index in [0.29, 0.717) is 19.6 Å². The van der Waals surface area contributed by atoms with Crippen LogP contribution in [0.5, 0.6) is 5.75 Å². The number of carbonyl (C=O) groups excluding carboxylic acids is 1. The topological polar surface area (TPSA) is 32.8 Å². The van der Waals surface area contributed by atoms with Gasteiger partial charge in [0.15, 0.2) is 0 Å². The molecule has 1 aliphatic heterocycles. The number of carbonyl (C=O) groups is 1. The zero-order valence-electron chi connectivity index (χ0n) is 13.3. The first-order valence-electron chi connectivity index (χ1n) is 7.80. The first kappa shape index (κ1) is 17.8. The molecule has 25 heavy (non-hydrogen) atoms. The lowest BCUT2D eigenvalue weighted by Crippen LogP contribution is -2.48. The van der Waals surface area contributed by atoms with Gasteiger partial charge in [-0.25, -0.2) is 0 Å². The van der Waals surface area contributed by atoms with Crippen molar-refractivity contribution in [3.8, 4) is 5.75 Å². The van der Waals surface area contributed by atoms with E-state index in [1.54, 1.807) is 12.1 Å². The van der Waals surface area contributed by atoms with Crippen LogP contribution in [0, 0.1) is 0 Å². The number of hydrogen-bond acceptors (Lipinski definition) is 4. The van der Waals surface area contributed by atoms with Crippen LogP contribution in [0.2, 0.25) is 0 Å². The van der Waals surface area contributed by atoms with Crippen molar-refractivity contribution in [1.82, 2.24) is 9.80 Å². The highest BCUT2D eigenvalue weighted by Gasteiger charge is 2.31. The average molecular weight is 370 g/mol. The number of benzene rings is 1. The predicted octanol–water partition coefficient (Wildman–Crippen LogP) is 3.60. The summed E-state index contributed by atoms with van der Waals surface area (Å²) in [5.41, 5.74) is 0.910. The standard InChI is InChI=1S/C17H17F3N2O2S/c18-17(19,20)24-14-5-3-13(4-6-14)12-21-7-9-22(10-8-21)16(23)15-2-1-11-25-15/h1-6,11H,7-10,12H2. The molecule has 0 radical (unpaired) electrons. The van der Waals surface area contributed by atoms with Gasteiger partial charge in [-0.3, -0.25) is 9.69 Å². The third-order valence-electron chi connectivity index (χ3n) is 3.95. The number of thiophene rings is 1. The number of hydrogen-bond donors (Lipinski definition) is 0. The Labute approximate surface area is 147 Å². The van der Waals surface area contributed by atoms with Crippen molar-refractivity contribution in [3.05, 3.63) is 52.2 Å².